The molecule has 8 heteroatoms. The van der Waals surface area contributed by atoms with Crippen LogP contribution < -0.4 is 15.6 Å². The molecule has 0 unspecified atom stereocenters. The SMILES string of the molecule is CNc1cc(Cl)cc(CCl)c1Cl.COc1cn(Cc2ccccc2)cnc1=O. The molecule has 5 nitrogen and oxygen atoms in total. The Labute approximate surface area is 178 Å². The number of aromatic nitrogens is 2. The van der Waals surface area contributed by atoms with Crippen molar-refractivity contribution in [1.82, 2.24) is 9.55 Å². The first-order valence-corrected chi connectivity index (χ1v) is 9.63. The van der Waals surface area contributed by atoms with E-state index in [0.717, 1.165) is 16.8 Å². The highest BCUT2D eigenvalue weighted by molar-refractivity contribution is 6.36. The Morgan fingerprint density at radius 3 is 2.50 bits per heavy atom. The lowest BCUT2D eigenvalue weighted by atomic mass is 10.2. The molecule has 28 heavy (non-hydrogen) atoms. The zero-order valence-corrected chi connectivity index (χ0v) is 17.7. The lowest BCUT2D eigenvalue weighted by Gasteiger charge is -2.07. The van der Waals surface area contributed by atoms with Crippen molar-refractivity contribution < 1.29 is 4.74 Å². The second-order valence-corrected chi connectivity index (χ2v) is 6.80. The van der Waals surface area contributed by atoms with Crippen molar-refractivity contribution in [2.45, 2.75) is 12.4 Å². The van der Waals surface area contributed by atoms with Gasteiger partial charge in [0.2, 0.25) is 5.75 Å². The van der Waals surface area contributed by atoms with Crippen LogP contribution in [-0.2, 0) is 12.4 Å². The van der Waals surface area contributed by atoms with Crippen molar-refractivity contribution in [3.05, 3.63) is 86.5 Å². The summed E-state index contributed by atoms with van der Waals surface area (Å²) in [5.74, 6) is 0.632. The third kappa shape index (κ3) is 6.16. The summed E-state index contributed by atoms with van der Waals surface area (Å²) in [7, 11) is 3.25. The van der Waals surface area contributed by atoms with Crippen LogP contribution in [0.15, 0.2) is 59.8 Å². The van der Waals surface area contributed by atoms with E-state index in [4.69, 9.17) is 39.5 Å². The molecule has 2 aromatic carbocycles. The van der Waals surface area contributed by atoms with Crippen molar-refractivity contribution >= 4 is 40.5 Å². The van der Waals surface area contributed by atoms with Gasteiger partial charge in [-0.2, -0.15) is 4.98 Å². The Balaban J connectivity index is 0.000000209. The molecule has 1 N–H and O–H groups in total. The number of benzene rings is 2. The molecule has 0 bridgehead atoms. The summed E-state index contributed by atoms with van der Waals surface area (Å²) in [4.78, 5) is 14.9. The highest BCUT2D eigenvalue weighted by Gasteiger charge is 2.05. The van der Waals surface area contributed by atoms with Gasteiger partial charge in [0, 0.05) is 24.5 Å². The van der Waals surface area contributed by atoms with Crippen LogP contribution in [0.1, 0.15) is 11.1 Å². The first kappa shape index (κ1) is 22.1. The van der Waals surface area contributed by atoms with E-state index < -0.39 is 0 Å². The van der Waals surface area contributed by atoms with Gasteiger partial charge in [0.05, 0.1) is 30.3 Å². The molecule has 0 amide bonds. The average Bonchev–Trinajstić information content (AvgIpc) is 2.72. The summed E-state index contributed by atoms with van der Waals surface area (Å²) in [6.45, 7) is 0.671. The first-order valence-electron chi connectivity index (χ1n) is 8.34. The van der Waals surface area contributed by atoms with Crippen LogP contribution in [0.2, 0.25) is 10.0 Å². The third-order valence-electron chi connectivity index (χ3n) is 3.77. The minimum Gasteiger partial charge on any atom is -0.490 e. The molecule has 0 fully saturated rings. The summed E-state index contributed by atoms with van der Waals surface area (Å²) in [6, 6.07) is 13.5. The van der Waals surface area contributed by atoms with Crippen molar-refractivity contribution in [3.63, 3.8) is 0 Å². The second-order valence-electron chi connectivity index (χ2n) is 5.72. The molecule has 148 valence electrons. The Morgan fingerprint density at radius 2 is 1.89 bits per heavy atom. The predicted octanol–water partition coefficient (Wildman–Crippen LogP) is 5.07. The monoisotopic (exact) mass is 439 g/mol. The topological polar surface area (TPSA) is 56.1 Å². The van der Waals surface area contributed by atoms with Gasteiger partial charge < -0.3 is 14.6 Å². The maximum Gasteiger partial charge on any atom is 0.314 e. The van der Waals surface area contributed by atoms with Crippen molar-refractivity contribution in [1.29, 1.82) is 0 Å². The largest absolute Gasteiger partial charge is 0.490 e. The van der Waals surface area contributed by atoms with Crippen LogP contribution >= 0.6 is 34.8 Å². The quantitative estimate of drug-likeness (QED) is 0.563. The van der Waals surface area contributed by atoms with Gasteiger partial charge in [-0.15, -0.1) is 11.6 Å². The summed E-state index contributed by atoms with van der Waals surface area (Å²) in [5.41, 5.74) is 2.46. The first-order chi connectivity index (χ1) is 13.5. The van der Waals surface area contributed by atoms with E-state index >= 15 is 0 Å². The molecule has 0 spiro atoms. The number of rotatable bonds is 5. The number of anilines is 1. The Kier molecular flexibility index (Phi) is 8.64. The zero-order valence-electron chi connectivity index (χ0n) is 15.5. The number of hydrogen-bond acceptors (Lipinski definition) is 4. The van der Waals surface area contributed by atoms with E-state index in [-0.39, 0.29) is 11.3 Å². The van der Waals surface area contributed by atoms with Crippen LogP contribution in [-0.4, -0.2) is 23.7 Å². The molecule has 1 heterocycles. The molecule has 0 atom stereocenters. The number of nitrogens with one attached hydrogen (secondary N) is 1. The van der Waals surface area contributed by atoms with Crippen LogP contribution in [0.4, 0.5) is 5.69 Å². The van der Waals surface area contributed by atoms with Gasteiger partial charge in [0.15, 0.2) is 0 Å². The van der Waals surface area contributed by atoms with E-state index in [2.05, 4.69) is 10.3 Å². The van der Waals surface area contributed by atoms with Gasteiger partial charge in [0.25, 0.3) is 0 Å². The molecule has 3 aromatic rings. The second kappa shape index (κ2) is 11.0. The van der Waals surface area contributed by atoms with Crippen LogP contribution in [0.3, 0.4) is 0 Å². The minimum absolute atomic E-state index is 0.262. The fraction of sp³-hybridized carbons (Fsp3) is 0.200. The van der Waals surface area contributed by atoms with Crippen molar-refractivity contribution in [3.8, 4) is 5.75 Å². The number of halogens is 3. The highest BCUT2D eigenvalue weighted by Crippen LogP contribution is 2.30. The van der Waals surface area contributed by atoms with Crippen molar-refractivity contribution in [2.24, 2.45) is 0 Å². The summed E-state index contributed by atoms with van der Waals surface area (Å²) in [5, 5.41) is 4.21. The van der Waals surface area contributed by atoms with Crippen LogP contribution in [0.25, 0.3) is 0 Å². The molecule has 3 rings (SSSR count). The number of nitrogens with zero attached hydrogens (tertiary/aromatic N) is 2. The predicted molar refractivity (Wildman–Crippen MR) is 116 cm³/mol. The van der Waals surface area contributed by atoms with Gasteiger partial charge in [-0.25, -0.2) is 0 Å². The number of ether oxygens (including phenoxy) is 1. The van der Waals surface area contributed by atoms with Gasteiger partial charge in [-0.1, -0.05) is 53.5 Å². The van der Waals surface area contributed by atoms with E-state index in [1.807, 2.05) is 34.9 Å². The minimum atomic E-state index is -0.341. The molecular weight excluding hydrogens is 421 g/mol. The normalized spacial score (nSPS) is 10.0. The molecular formula is C20H20Cl3N3O2. The maximum atomic E-state index is 11.2. The van der Waals surface area contributed by atoms with Gasteiger partial charge in [-0.3, -0.25) is 4.79 Å². The Bertz CT molecular complexity index is 937. The fourth-order valence-electron chi connectivity index (χ4n) is 2.37. The van der Waals surface area contributed by atoms with Gasteiger partial charge in [0.1, 0.15) is 0 Å². The van der Waals surface area contributed by atoms with Gasteiger partial charge in [-0.05, 0) is 23.3 Å². The standard InChI is InChI=1S/C12H12N2O2.C8H8Cl3N/c1-16-11-8-14(9-13-12(11)15)7-10-5-3-2-4-6-10;1-12-7-3-6(10)2-5(4-9)8(7)11/h2-6,8-9H,7H2,1H3;2-3,12H,4H2,1H3. The lowest BCUT2D eigenvalue weighted by Crippen LogP contribution is -2.13. The van der Waals surface area contributed by atoms with E-state index in [0.29, 0.717) is 22.5 Å². The molecule has 0 aliphatic heterocycles. The van der Waals surface area contributed by atoms with E-state index in [9.17, 15) is 4.79 Å². The summed E-state index contributed by atoms with van der Waals surface area (Å²) < 4.78 is 6.74. The number of methoxy groups -OCH3 is 1. The van der Waals surface area contributed by atoms with Gasteiger partial charge >= 0.3 is 5.56 Å². The molecule has 0 aliphatic rings. The Morgan fingerprint density at radius 1 is 1.18 bits per heavy atom. The molecule has 0 aliphatic carbocycles. The molecule has 0 saturated heterocycles. The van der Waals surface area contributed by atoms with Crippen LogP contribution in [0.5, 0.6) is 5.75 Å². The summed E-state index contributed by atoms with van der Waals surface area (Å²) in [6.07, 6.45) is 3.17. The van der Waals surface area contributed by atoms with E-state index in [1.54, 1.807) is 25.4 Å². The average molecular weight is 441 g/mol. The fourth-order valence-corrected chi connectivity index (χ4v) is 3.17. The zero-order chi connectivity index (χ0) is 20.5. The highest BCUT2D eigenvalue weighted by atomic mass is 35.5. The third-order valence-corrected chi connectivity index (χ3v) is 4.72. The smallest absolute Gasteiger partial charge is 0.314 e. The number of hydrogen-bond donors (Lipinski definition) is 1. The van der Waals surface area contributed by atoms with E-state index in [1.165, 1.54) is 13.4 Å². The molecule has 0 saturated carbocycles. The summed E-state index contributed by atoms with van der Waals surface area (Å²) >= 11 is 17.5. The molecule has 1 aromatic heterocycles. The lowest BCUT2D eigenvalue weighted by molar-refractivity contribution is 0.402. The maximum absolute atomic E-state index is 11.2. The molecule has 0 radical (unpaired) electrons. The Hall–Kier alpha value is -2.21. The van der Waals surface area contributed by atoms with Crippen LogP contribution in [0, 0.1) is 0 Å². The van der Waals surface area contributed by atoms with Crippen molar-refractivity contribution in [2.75, 3.05) is 19.5 Å². The number of alkyl halides is 1.